The van der Waals surface area contributed by atoms with Gasteiger partial charge in [0.05, 0.1) is 22.1 Å². The lowest BCUT2D eigenvalue weighted by atomic mass is 10.0. The Morgan fingerprint density at radius 2 is 1.55 bits per heavy atom. The first-order valence-electron chi connectivity index (χ1n) is 9.76. The molecule has 0 aliphatic carbocycles. The summed E-state index contributed by atoms with van der Waals surface area (Å²) in [6, 6.07) is 16.6. The van der Waals surface area contributed by atoms with Gasteiger partial charge in [0.15, 0.2) is 0 Å². The quantitative estimate of drug-likeness (QED) is 0.383. The minimum absolute atomic E-state index is 0.0340. The van der Waals surface area contributed by atoms with Crippen LogP contribution in [0.1, 0.15) is 22.8 Å². The number of nitrogens with one attached hydrogen (secondary N) is 2. The average Bonchev–Trinajstić information content (AvgIpc) is 2.76. The van der Waals surface area contributed by atoms with E-state index >= 15 is 0 Å². The van der Waals surface area contributed by atoms with E-state index in [0.29, 0.717) is 16.3 Å². The van der Waals surface area contributed by atoms with Crippen LogP contribution in [-0.4, -0.2) is 25.4 Å². The smallest absolute Gasteiger partial charge is 0.306 e. The third-order valence-corrected chi connectivity index (χ3v) is 6.64. The van der Waals surface area contributed by atoms with E-state index in [1.54, 1.807) is 43.3 Å². The van der Waals surface area contributed by atoms with Crippen molar-refractivity contribution in [2.45, 2.75) is 18.2 Å². The standard InChI is InChI=1S/C23H20Cl2N2O5S/c1-14(23(29)30)12-15-2-9-19(10-3-15)33(31,32)27-21-11-6-17(25)13-20(21)22(28)26-18-7-4-16(24)5-8-18/h2-11,13-14,27H,12H2,1H3,(H,26,28)(H,29,30). The first-order valence-corrected chi connectivity index (χ1v) is 12.0. The number of anilines is 2. The summed E-state index contributed by atoms with van der Waals surface area (Å²) in [7, 11) is -4.03. The molecular formula is C23H20Cl2N2O5S. The number of amides is 1. The van der Waals surface area contributed by atoms with Crippen molar-refractivity contribution >= 4 is 56.5 Å². The number of benzene rings is 3. The van der Waals surface area contributed by atoms with Gasteiger partial charge in [0.2, 0.25) is 0 Å². The Morgan fingerprint density at radius 1 is 0.939 bits per heavy atom. The summed E-state index contributed by atoms with van der Waals surface area (Å²) in [5.41, 5.74) is 1.25. The fourth-order valence-corrected chi connectivity index (χ4v) is 4.35. The molecule has 3 rings (SSSR count). The normalized spacial score (nSPS) is 12.1. The fourth-order valence-electron chi connectivity index (χ4n) is 2.97. The first kappa shape index (κ1) is 24.6. The van der Waals surface area contributed by atoms with Crippen molar-refractivity contribution in [3.63, 3.8) is 0 Å². The molecule has 7 nitrogen and oxygen atoms in total. The van der Waals surface area contributed by atoms with Gasteiger partial charge >= 0.3 is 5.97 Å². The third kappa shape index (κ3) is 6.47. The Morgan fingerprint density at radius 3 is 2.15 bits per heavy atom. The molecule has 0 spiro atoms. The Labute approximate surface area is 201 Å². The van der Waals surface area contributed by atoms with Crippen LogP contribution in [0, 0.1) is 5.92 Å². The van der Waals surface area contributed by atoms with Gasteiger partial charge in [-0.1, -0.05) is 42.3 Å². The molecule has 0 heterocycles. The van der Waals surface area contributed by atoms with E-state index in [0.717, 1.165) is 0 Å². The third-order valence-electron chi connectivity index (χ3n) is 4.77. The number of rotatable bonds is 8. The van der Waals surface area contributed by atoms with Gasteiger partial charge in [0, 0.05) is 15.7 Å². The summed E-state index contributed by atoms with van der Waals surface area (Å²) < 4.78 is 28.3. The van der Waals surface area contributed by atoms with E-state index in [9.17, 15) is 18.0 Å². The molecule has 3 aromatic rings. The zero-order chi connectivity index (χ0) is 24.2. The van der Waals surface area contributed by atoms with Crippen LogP contribution in [0.3, 0.4) is 0 Å². The summed E-state index contributed by atoms with van der Waals surface area (Å²) in [6.45, 7) is 1.58. The number of sulfonamides is 1. The van der Waals surface area contributed by atoms with Crippen molar-refractivity contribution in [1.29, 1.82) is 0 Å². The molecule has 3 aromatic carbocycles. The zero-order valence-corrected chi connectivity index (χ0v) is 19.7. The molecule has 1 amide bonds. The highest BCUT2D eigenvalue weighted by molar-refractivity contribution is 7.92. The molecule has 1 unspecified atom stereocenters. The molecule has 3 N–H and O–H groups in total. The second kappa shape index (κ2) is 10.2. The van der Waals surface area contributed by atoms with E-state index in [1.165, 1.54) is 30.3 Å². The second-order valence-corrected chi connectivity index (χ2v) is 9.90. The van der Waals surface area contributed by atoms with Gasteiger partial charge in [-0.15, -0.1) is 0 Å². The maximum Gasteiger partial charge on any atom is 0.306 e. The van der Waals surface area contributed by atoms with E-state index in [2.05, 4.69) is 10.0 Å². The summed E-state index contributed by atoms with van der Waals surface area (Å²) in [5, 5.41) is 12.5. The van der Waals surface area contributed by atoms with Crippen molar-refractivity contribution in [1.82, 2.24) is 0 Å². The van der Waals surface area contributed by atoms with Gasteiger partial charge < -0.3 is 10.4 Å². The molecule has 10 heteroatoms. The predicted octanol–water partition coefficient (Wildman–Crippen LogP) is 5.31. The summed E-state index contributed by atoms with van der Waals surface area (Å²) in [5.74, 6) is -2.09. The molecule has 172 valence electrons. The lowest BCUT2D eigenvalue weighted by Gasteiger charge is -2.14. The van der Waals surface area contributed by atoms with E-state index in [-0.39, 0.29) is 27.6 Å². The van der Waals surface area contributed by atoms with Gasteiger partial charge in [0.1, 0.15) is 0 Å². The first-order chi connectivity index (χ1) is 15.5. The Kier molecular flexibility index (Phi) is 7.63. The van der Waals surface area contributed by atoms with Crippen LogP contribution in [0.15, 0.2) is 71.6 Å². The highest BCUT2D eigenvalue weighted by atomic mass is 35.5. The lowest BCUT2D eigenvalue weighted by Crippen LogP contribution is -2.19. The van der Waals surface area contributed by atoms with Gasteiger partial charge in [-0.2, -0.15) is 0 Å². The molecule has 0 aromatic heterocycles. The van der Waals surface area contributed by atoms with Crippen molar-refractivity contribution in [2.24, 2.45) is 5.92 Å². The van der Waals surface area contributed by atoms with Crippen LogP contribution in [0.2, 0.25) is 10.0 Å². The maximum absolute atomic E-state index is 12.9. The van der Waals surface area contributed by atoms with Crippen LogP contribution < -0.4 is 10.0 Å². The summed E-state index contributed by atoms with van der Waals surface area (Å²) >= 11 is 11.9. The number of hydrogen-bond donors (Lipinski definition) is 3. The topological polar surface area (TPSA) is 113 Å². The van der Waals surface area contributed by atoms with Crippen LogP contribution in [0.25, 0.3) is 0 Å². The van der Waals surface area contributed by atoms with Gasteiger partial charge in [-0.25, -0.2) is 8.42 Å². The van der Waals surface area contributed by atoms with Crippen LogP contribution >= 0.6 is 23.2 Å². The van der Waals surface area contributed by atoms with Gasteiger partial charge in [-0.3, -0.25) is 14.3 Å². The Balaban J connectivity index is 1.82. The minimum atomic E-state index is -4.03. The molecule has 33 heavy (non-hydrogen) atoms. The van der Waals surface area contributed by atoms with Crippen LogP contribution in [0.4, 0.5) is 11.4 Å². The van der Waals surface area contributed by atoms with Crippen molar-refractivity contribution in [3.8, 4) is 0 Å². The lowest BCUT2D eigenvalue weighted by molar-refractivity contribution is -0.141. The number of carbonyl (C=O) groups excluding carboxylic acids is 1. The summed E-state index contributed by atoms with van der Waals surface area (Å²) in [4.78, 5) is 23.8. The molecule has 0 fully saturated rings. The maximum atomic E-state index is 12.9. The van der Waals surface area contributed by atoms with E-state index < -0.39 is 27.8 Å². The molecule has 0 aliphatic heterocycles. The molecule has 0 saturated heterocycles. The number of aliphatic carboxylic acids is 1. The SMILES string of the molecule is CC(Cc1ccc(S(=O)(=O)Nc2ccc(Cl)cc2C(=O)Nc2ccc(Cl)cc2)cc1)C(=O)O. The molecule has 1 atom stereocenters. The number of carboxylic acids is 1. The van der Waals surface area contributed by atoms with Crippen molar-refractivity contribution in [2.75, 3.05) is 10.0 Å². The van der Waals surface area contributed by atoms with Crippen molar-refractivity contribution < 1.29 is 23.1 Å². The average molecular weight is 507 g/mol. The van der Waals surface area contributed by atoms with E-state index in [1.807, 2.05) is 0 Å². The van der Waals surface area contributed by atoms with Crippen molar-refractivity contribution in [3.05, 3.63) is 87.9 Å². The van der Waals surface area contributed by atoms with Gasteiger partial charge in [-0.05, 0) is 66.6 Å². The number of carboxylic acid groups (broad SMARTS) is 1. The van der Waals surface area contributed by atoms with Crippen LogP contribution in [0.5, 0.6) is 0 Å². The predicted molar refractivity (Wildman–Crippen MR) is 129 cm³/mol. The Bertz CT molecular complexity index is 1280. The Hall–Kier alpha value is -3.07. The molecule has 0 saturated carbocycles. The zero-order valence-electron chi connectivity index (χ0n) is 17.4. The van der Waals surface area contributed by atoms with Gasteiger partial charge in [0.25, 0.3) is 15.9 Å². The largest absolute Gasteiger partial charge is 0.481 e. The van der Waals surface area contributed by atoms with E-state index in [4.69, 9.17) is 28.3 Å². The second-order valence-electron chi connectivity index (χ2n) is 7.34. The summed E-state index contributed by atoms with van der Waals surface area (Å²) in [6.07, 6.45) is 0.273. The monoisotopic (exact) mass is 506 g/mol. The number of carbonyl (C=O) groups is 2. The number of halogens is 2. The van der Waals surface area contributed by atoms with Crippen LogP contribution in [-0.2, 0) is 21.2 Å². The molecule has 0 bridgehead atoms. The molecule has 0 aliphatic rings. The highest BCUT2D eigenvalue weighted by Gasteiger charge is 2.20. The highest BCUT2D eigenvalue weighted by Crippen LogP contribution is 2.25. The molecule has 0 radical (unpaired) electrons. The number of hydrogen-bond acceptors (Lipinski definition) is 4. The molecular weight excluding hydrogens is 487 g/mol. The fraction of sp³-hybridized carbons (Fsp3) is 0.130. The minimum Gasteiger partial charge on any atom is -0.481 e.